The number of rotatable bonds is 4. The van der Waals surface area contributed by atoms with Gasteiger partial charge in [0.15, 0.2) is 6.10 Å². The minimum Gasteiger partial charge on any atom is -0.478 e. The van der Waals surface area contributed by atoms with Gasteiger partial charge in [0.05, 0.1) is 5.57 Å². The van der Waals surface area contributed by atoms with Crippen molar-refractivity contribution in [1.82, 2.24) is 0 Å². The zero-order valence-electron chi connectivity index (χ0n) is 11.0. The summed E-state index contributed by atoms with van der Waals surface area (Å²) in [7, 11) is 0. The smallest absolute Gasteiger partial charge is 0.335 e. The predicted octanol–water partition coefficient (Wildman–Crippen LogP) is 3.08. The summed E-state index contributed by atoms with van der Waals surface area (Å²) in [5.41, 5.74) is 0.418. The number of carboxylic acid groups (broad SMARTS) is 1. The van der Waals surface area contributed by atoms with Gasteiger partial charge in [-0.15, -0.1) is 0 Å². The van der Waals surface area contributed by atoms with E-state index >= 15 is 0 Å². The van der Waals surface area contributed by atoms with E-state index in [1.807, 2.05) is 30.3 Å². The third-order valence-electron chi connectivity index (χ3n) is 2.95. The SMILES string of the molecule is C=C(C(=O)O)C(OC(C)=O)c1ccc2ccccc2c1. The normalized spacial score (nSPS) is 11.8. The molecule has 4 nitrogen and oxygen atoms in total. The summed E-state index contributed by atoms with van der Waals surface area (Å²) >= 11 is 0. The van der Waals surface area contributed by atoms with E-state index in [0.29, 0.717) is 5.56 Å². The molecule has 4 heteroatoms. The molecule has 1 atom stereocenters. The van der Waals surface area contributed by atoms with E-state index < -0.39 is 18.0 Å². The molecule has 0 fully saturated rings. The van der Waals surface area contributed by atoms with Crippen molar-refractivity contribution in [2.45, 2.75) is 13.0 Å². The van der Waals surface area contributed by atoms with Crippen LogP contribution in [0.3, 0.4) is 0 Å². The van der Waals surface area contributed by atoms with E-state index in [4.69, 9.17) is 9.84 Å². The highest BCUT2D eigenvalue weighted by atomic mass is 16.5. The predicted molar refractivity (Wildman–Crippen MR) is 75.2 cm³/mol. The number of hydrogen-bond donors (Lipinski definition) is 1. The first-order chi connectivity index (χ1) is 9.49. The molecular weight excluding hydrogens is 256 g/mol. The summed E-state index contributed by atoms with van der Waals surface area (Å²) in [5.74, 6) is -1.74. The van der Waals surface area contributed by atoms with Gasteiger partial charge in [0.2, 0.25) is 0 Å². The molecule has 0 aliphatic carbocycles. The van der Waals surface area contributed by atoms with Crippen LogP contribution >= 0.6 is 0 Å². The lowest BCUT2D eigenvalue weighted by molar-refractivity contribution is -0.146. The van der Waals surface area contributed by atoms with E-state index in [0.717, 1.165) is 10.8 Å². The summed E-state index contributed by atoms with van der Waals surface area (Å²) in [6.07, 6.45) is -0.977. The van der Waals surface area contributed by atoms with Crippen molar-refractivity contribution in [3.8, 4) is 0 Å². The Labute approximate surface area is 116 Å². The first-order valence-electron chi connectivity index (χ1n) is 6.07. The molecule has 2 rings (SSSR count). The molecule has 0 amide bonds. The van der Waals surface area contributed by atoms with Crippen molar-refractivity contribution < 1.29 is 19.4 Å². The molecular formula is C16H14O4. The second-order valence-electron chi connectivity index (χ2n) is 4.43. The maximum Gasteiger partial charge on any atom is 0.335 e. The number of carboxylic acids is 1. The van der Waals surface area contributed by atoms with Gasteiger partial charge in [-0.05, 0) is 22.4 Å². The van der Waals surface area contributed by atoms with Crippen LogP contribution in [-0.2, 0) is 14.3 Å². The topological polar surface area (TPSA) is 63.6 Å². The first-order valence-corrected chi connectivity index (χ1v) is 6.07. The van der Waals surface area contributed by atoms with Gasteiger partial charge in [0, 0.05) is 6.92 Å². The molecule has 0 radical (unpaired) electrons. The lowest BCUT2D eigenvalue weighted by Crippen LogP contribution is -2.16. The maximum absolute atomic E-state index is 11.2. The monoisotopic (exact) mass is 270 g/mol. The number of benzene rings is 2. The summed E-state index contributed by atoms with van der Waals surface area (Å²) in [6, 6.07) is 13.1. The molecule has 2 aromatic carbocycles. The second kappa shape index (κ2) is 5.57. The van der Waals surface area contributed by atoms with Crippen LogP contribution in [0.5, 0.6) is 0 Å². The van der Waals surface area contributed by atoms with E-state index in [2.05, 4.69) is 6.58 Å². The molecule has 20 heavy (non-hydrogen) atoms. The van der Waals surface area contributed by atoms with Gasteiger partial charge < -0.3 is 9.84 Å². The zero-order chi connectivity index (χ0) is 14.7. The van der Waals surface area contributed by atoms with Crippen molar-refractivity contribution in [3.05, 3.63) is 60.2 Å². The van der Waals surface area contributed by atoms with E-state index in [-0.39, 0.29) is 5.57 Å². The van der Waals surface area contributed by atoms with Crippen LogP contribution in [0.25, 0.3) is 10.8 Å². The lowest BCUT2D eigenvalue weighted by Gasteiger charge is -2.18. The molecule has 0 aromatic heterocycles. The largest absolute Gasteiger partial charge is 0.478 e. The number of carbonyl (C=O) groups is 2. The van der Waals surface area contributed by atoms with Crippen LogP contribution in [0.4, 0.5) is 0 Å². The Morgan fingerprint density at radius 3 is 2.40 bits per heavy atom. The Bertz CT molecular complexity index is 688. The van der Waals surface area contributed by atoms with E-state index in [9.17, 15) is 9.59 Å². The summed E-state index contributed by atoms with van der Waals surface area (Å²) in [6.45, 7) is 4.73. The van der Waals surface area contributed by atoms with Crippen LogP contribution in [0.15, 0.2) is 54.6 Å². The first kappa shape index (κ1) is 13.8. The zero-order valence-corrected chi connectivity index (χ0v) is 11.0. The molecule has 0 saturated heterocycles. The molecule has 0 aliphatic rings. The lowest BCUT2D eigenvalue weighted by atomic mass is 9.99. The Morgan fingerprint density at radius 1 is 1.15 bits per heavy atom. The number of carbonyl (C=O) groups excluding carboxylic acids is 1. The fourth-order valence-electron chi connectivity index (χ4n) is 1.99. The molecule has 0 saturated carbocycles. The summed E-state index contributed by atoms with van der Waals surface area (Å²) in [5, 5.41) is 11.0. The number of hydrogen-bond acceptors (Lipinski definition) is 3. The number of fused-ring (bicyclic) bond motifs is 1. The molecule has 102 valence electrons. The van der Waals surface area contributed by atoms with Gasteiger partial charge in [-0.1, -0.05) is 43.0 Å². The fourth-order valence-corrected chi connectivity index (χ4v) is 1.99. The van der Waals surface area contributed by atoms with Crippen LogP contribution in [0.1, 0.15) is 18.6 Å². The number of ether oxygens (including phenoxy) is 1. The Hall–Kier alpha value is -2.62. The van der Waals surface area contributed by atoms with Gasteiger partial charge in [0.1, 0.15) is 0 Å². The molecule has 0 aliphatic heterocycles. The summed E-state index contributed by atoms with van der Waals surface area (Å²) < 4.78 is 5.09. The van der Waals surface area contributed by atoms with Gasteiger partial charge in [-0.2, -0.15) is 0 Å². The van der Waals surface area contributed by atoms with Crippen molar-refractivity contribution in [1.29, 1.82) is 0 Å². The number of esters is 1. The summed E-state index contributed by atoms with van der Waals surface area (Å²) in [4.78, 5) is 22.2. The van der Waals surface area contributed by atoms with Crippen LogP contribution < -0.4 is 0 Å². The molecule has 0 spiro atoms. The molecule has 0 heterocycles. The van der Waals surface area contributed by atoms with Crippen molar-refractivity contribution >= 4 is 22.7 Å². The molecule has 2 aromatic rings. The molecule has 1 N–H and O–H groups in total. The second-order valence-corrected chi connectivity index (χ2v) is 4.43. The van der Waals surface area contributed by atoms with Gasteiger partial charge in [0.25, 0.3) is 0 Å². The Morgan fingerprint density at radius 2 is 1.80 bits per heavy atom. The van der Waals surface area contributed by atoms with Crippen LogP contribution in [-0.4, -0.2) is 17.0 Å². The average Bonchev–Trinajstić information content (AvgIpc) is 2.43. The Balaban J connectivity index is 2.47. The molecule has 0 bridgehead atoms. The third-order valence-corrected chi connectivity index (χ3v) is 2.95. The highest BCUT2D eigenvalue weighted by Gasteiger charge is 2.23. The van der Waals surface area contributed by atoms with Crippen LogP contribution in [0, 0.1) is 0 Å². The van der Waals surface area contributed by atoms with E-state index in [1.165, 1.54) is 6.92 Å². The highest BCUT2D eigenvalue weighted by molar-refractivity contribution is 5.89. The van der Waals surface area contributed by atoms with Gasteiger partial charge >= 0.3 is 11.9 Å². The minimum atomic E-state index is -1.19. The van der Waals surface area contributed by atoms with Crippen molar-refractivity contribution in [2.24, 2.45) is 0 Å². The standard InChI is InChI=1S/C16H14O4/c1-10(16(18)19)15(20-11(2)17)14-8-7-12-5-3-4-6-13(12)9-14/h3-9,15H,1H2,2H3,(H,18,19). The van der Waals surface area contributed by atoms with Gasteiger partial charge in [-0.3, -0.25) is 4.79 Å². The van der Waals surface area contributed by atoms with E-state index in [1.54, 1.807) is 12.1 Å². The van der Waals surface area contributed by atoms with Crippen molar-refractivity contribution in [2.75, 3.05) is 0 Å². The fraction of sp³-hybridized carbons (Fsp3) is 0.125. The van der Waals surface area contributed by atoms with Gasteiger partial charge in [-0.25, -0.2) is 4.79 Å². The van der Waals surface area contributed by atoms with Crippen LogP contribution in [0.2, 0.25) is 0 Å². The quantitative estimate of drug-likeness (QED) is 0.685. The molecule has 1 unspecified atom stereocenters. The average molecular weight is 270 g/mol. The third kappa shape index (κ3) is 2.85. The minimum absolute atomic E-state index is 0.171. The highest BCUT2D eigenvalue weighted by Crippen LogP contribution is 2.28. The maximum atomic E-state index is 11.2. The Kier molecular flexibility index (Phi) is 3.84. The van der Waals surface area contributed by atoms with Crippen molar-refractivity contribution in [3.63, 3.8) is 0 Å². The number of aliphatic carboxylic acids is 1.